The van der Waals surface area contributed by atoms with E-state index in [4.69, 9.17) is 29.9 Å². The summed E-state index contributed by atoms with van der Waals surface area (Å²) in [4.78, 5) is 38.5. The van der Waals surface area contributed by atoms with E-state index in [1.54, 1.807) is 12.3 Å². The highest BCUT2D eigenvalue weighted by molar-refractivity contribution is 9.10. The van der Waals surface area contributed by atoms with Crippen molar-refractivity contribution in [2.24, 2.45) is 13.0 Å². The molecular weight excluding hydrogens is 602 g/mol. The van der Waals surface area contributed by atoms with Crippen molar-refractivity contribution in [2.75, 3.05) is 27.3 Å². The lowest BCUT2D eigenvalue weighted by atomic mass is 9.69. The molecule has 1 saturated heterocycles. The average Bonchev–Trinajstić information content (AvgIpc) is 3.27. The van der Waals surface area contributed by atoms with Crippen LogP contribution in [-0.2, 0) is 38.1 Å². The Kier molecular flexibility index (Phi) is 9.14. The molecule has 0 saturated carbocycles. The van der Waals surface area contributed by atoms with Crippen LogP contribution in [0.5, 0.6) is 0 Å². The van der Waals surface area contributed by atoms with Crippen molar-refractivity contribution in [3.8, 4) is 0 Å². The van der Waals surface area contributed by atoms with Crippen LogP contribution < -0.4 is 0 Å². The maximum absolute atomic E-state index is 12.5. The van der Waals surface area contributed by atoms with Crippen molar-refractivity contribution in [1.82, 2.24) is 14.5 Å². The van der Waals surface area contributed by atoms with Crippen LogP contribution in [-0.4, -0.2) is 98.3 Å². The van der Waals surface area contributed by atoms with Crippen molar-refractivity contribution >= 4 is 44.7 Å². The molecule has 220 valence electrons. The number of hydrogen-bond donors (Lipinski definition) is 4. The van der Waals surface area contributed by atoms with Gasteiger partial charge in [-0.05, 0) is 59.1 Å². The number of carboxylic acids is 2. The number of benzene rings is 1. The molecule has 4 N–H and O–H groups in total. The van der Waals surface area contributed by atoms with Crippen molar-refractivity contribution in [1.29, 1.82) is 0 Å². The minimum atomic E-state index is -2.27. The van der Waals surface area contributed by atoms with Gasteiger partial charge in [-0.15, -0.1) is 0 Å². The van der Waals surface area contributed by atoms with E-state index in [2.05, 4.69) is 68.9 Å². The van der Waals surface area contributed by atoms with E-state index in [9.17, 15) is 14.4 Å². The Bertz CT molecular complexity index is 1440. The summed E-state index contributed by atoms with van der Waals surface area (Å²) in [5.74, 6) is -3.71. The molecular formula is C28H32BrN3O9. The van der Waals surface area contributed by atoms with Gasteiger partial charge < -0.3 is 34.5 Å². The number of carboxylic acid groups (broad SMARTS) is 2. The first kappa shape index (κ1) is 30.6. The largest absolute Gasteiger partial charge is 0.479 e. The number of carbonyl (C=O) groups excluding carboxylic acids is 1. The SMILES string of the molecule is CO[C@@]12C[C@@H](COC(=O)c3cncc(Br)c3)CN(C)[C@@H]1Cc1cn(C)c3cccc2c13.O=C(O)C(O)C(O)C(=O)O. The Morgan fingerprint density at radius 1 is 1.15 bits per heavy atom. The highest BCUT2D eigenvalue weighted by Crippen LogP contribution is 2.49. The van der Waals surface area contributed by atoms with Crippen molar-refractivity contribution < 1.29 is 44.3 Å². The number of aliphatic hydroxyl groups excluding tert-OH is 2. The van der Waals surface area contributed by atoms with Crippen LogP contribution in [0, 0.1) is 5.92 Å². The predicted octanol–water partition coefficient (Wildman–Crippen LogP) is 1.79. The van der Waals surface area contributed by atoms with Gasteiger partial charge in [0.25, 0.3) is 0 Å². The zero-order valence-electron chi connectivity index (χ0n) is 22.7. The van der Waals surface area contributed by atoms with Crippen molar-refractivity contribution in [3.05, 3.63) is 64.0 Å². The number of esters is 1. The van der Waals surface area contributed by atoms with Crippen molar-refractivity contribution in [3.63, 3.8) is 0 Å². The molecule has 3 heterocycles. The minimum Gasteiger partial charge on any atom is -0.479 e. The van der Waals surface area contributed by atoms with E-state index >= 15 is 0 Å². The Morgan fingerprint density at radius 3 is 2.44 bits per heavy atom. The van der Waals surface area contributed by atoms with E-state index in [0.717, 1.165) is 23.9 Å². The molecule has 0 radical (unpaired) electrons. The van der Waals surface area contributed by atoms with Crippen LogP contribution in [0.15, 0.2) is 47.3 Å². The molecule has 1 aliphatic carbocycles. The van der Waals surface area contributed by atoms with Crippen LogP contribution in [0.1, 0.15) is 27.9 Å². The lowest BCUT2D eigenvalue weighted by molar-refractivity contribution is -0.165. The Hall–Kier alpha value is -3.36. The number of methoxy groups -OCH3 is 1. The second kappa shape index (κ2) is 12.2. The van der Waals surface area contributed by atoms with Crippen LogP contribution in [0.3, 0.4) is 0 Å². The third-order valence-corrected chi connectivity index (χ3v) is 8.16. The van der Waals surface area contributed by atoms with Crippen LogP contribution in [0.25, 0.3) is 10.9 Å². The summed E-state index contributed by atoms with van der Waals surface area (Å²) in [5.41, 5.74) is 3.90. The average molecular weight is 634 g/mol. The molecule has 12 nitrogen and oxygen atoms in total. The van der Waals surface area contributed by atoms with Gasteiger partial charge in [-0.25, -0.2) is 14.4 Å². The van der Waals surface area contributed by atoms with Gasteiger partial charge in [0, 0.05) is 66.6 Å². The lowest BCUT2D eigenvalue weighted by Crippen LogP contribution is -2.59. The van der Waals surface area contributed by atoms with Gasteiger partial charge in [0.15, 0.2) is 12.2 Å². The molecule has 3 aromatic rings. The number of carbonyl (C=O) groups is 3. The topological polar surface area (TPSA) is 172 Å². The fourth-order valence-electron chi connectivity index (χ4n) is 5.90. The normalized spacial score (nSPS) is 23.1. The Morgan fingerprint density at radius 2 is 1.83 bits per heavy atom. The number of aliphatic hydroxyl groups is 2. The monoisotopic (exact) mass is 633 g/mol. The zero-order chi connectivity index (χ0) is 30.1. The van der Waals surface area contributed by atoms with Crippen LogP contribution in [0.4, 0.5) is 0 Å². The molecule has 2 aromatic heterocycles. The Balaban J connectivity index is 0.000000334. The van der Waals surface area contributed by atoms with E-state index < -0.39 is 29.7 Å². The number of fused-ring (bicyclic) bond motifs is 2. The molecule has 1 aliphatic heterocycles. The van der Waals surface area contributed by atoms with Crippen LogP contribution in [0.2, 0.25) is 0 Å². The number of aliphatic carboxylic acids is 2. The number of rotatable bonds is 7. The number of halogens is 1. The van der Waals surface area contributed by atoms with Gasteiger partial charge in [-0.1, -0.05) is 12.1 Å². The number of piperidine rings is 1. The quantitative estimate of drug-likeness (QED) is 0.279. The molecule has 0 amide bonds. The summed E-state index contributed by atoms with van der Waals surface area (Å²) in [6, 6.07) is 8.47. The highest BCUT2D eigenvalue weighted by Gasteiger charge is 2.51. The predicted molar refractivity (Wildman–Crippen MR) is 149 cm³/mol. The molecule has 2 aliphatic rings. The second-order valence-corrected chi connectivity index (χ2v) is 11.3. The highest BCUT2D eigenvalue weighted by atomic mass is 79.9. The number of pyridine rings is 1. The fourth-order valence-corrected chi connectivity index (χ4v) is 6.26. The number of likely N-dealkylation sites (N-methyl/N-ethyl adjacent to an activating group) is 1. The first-order valence-electron chi connectivity index (χ1n) is 12.8. The third-order valence-electron chi connectivity index (χ3n) is 7.73. The second-order valence-electron chi connectivity index (χ2n) is 10.3. The molecule has 1 fully saturated rings. The Labute approximate surface area is 244 Å². The number of hydrogen-bond acceptors (Lipinski definition) is 9. The number of nitrogens with zero attached hydrogens (tertiary/aromatic N) is 3. The number of likely N-dealkylation sites (tertiary alicyclic amines) is 1. The molecule has 5 atom stereocenters. The summed E-state index contributed by atoms with van der Waals surface area (Å²) in [5, 5.41) is 33.8. The number of ether oxygens (including phenoxy) is 2. The molecule has 41 heavy (non-hydrogen) atoms. The number of aromatic nitrogens is 2. The standard InChI is InChI=1S/C24H26BrN3O3.C4H6O6/c1-27-13-17-8-21-24(30-3,19-5-4-6-20(27)22(17)19)9-15(12-28(21)2)14-31-23(29)16-7-18(25)11-26-10-16;5-1(3(7)8)2(6)4(9)10/h4-7,10-11,13,15,21H,8-9,12,14H2,1-3H3;1-2,5-6H,(H,7,8)(H,9,10)/t15-,21-,24-;/m1./s1. The molecule has 5 rings (SSSR count). The summed E-state index contributed by atoms with van der Waals surface area (Å²) in [6.07, 6.45) is 2.67. The van der Waals surface area contributed by atoms with Gasteiger partial charge in [-0.3, -0.25) is 9.88 Å². The van der Waals surface area contributed by atoms with E-state index in [-0.39, 0.29) is 17.9 Å². The van der Waals surface area contributed by atoms with E-state index in [1.165, 1.54) is 28.2 Å². The fraction of sp³-hybridized carbons (Fsp3) is 0.429. The molecule has 0 bridgehead atoms. The first-order valence-corrected chi connectivity index (χ1v) is 13.6. The third kappa shape index (κ3) is 5.99. The molecule has 2 unspecified atom stereocenters. The zero-order valence-corrected chi connectivity index (χ0v) is 24.3. The summed E-state index contributed by atoms with van der Waals surface area (Å²) >= 11 is 3.35. The van der Waals surface area contributed by atoms with E-state index in [1.807, 2.05) is 7.11 Å². The van der Waals surface area contributed by atoms with Crippen molar-refractivity contribution in [2.45, 2.75) is 36.7 Å². The van der Waals surface area contributed by atoms with Gasteiger partial charge in [-0.2, -0.15) is 0 Å². The molecule has 0 spiro atoms. The first-order chi connectivity index (χ1) is 19.4. The number of aryl methyl sites for hydroxylation is 1. The smallest absolute Gasteiger partial charge is 0.339 e. The molecule has 13 heteroatoms. The van der Waals surface area contributed by atoms with E-state index in [0.29, 0.717) is 12.2 Å². The van der Waals surface area contributed by atoms with Gasteiger partial charge >= 0.3 is 17.9 Å². The maximum atomic E-state index is 12.5. The van der Waals surface area contributed by atoms with Gasteiger partial charge in [0.2, 0.25) is 0 Å². The summed E-state index contributed by atoms with van der Waals surface area (Å²) < 4.78 is 15.0. The van der Waals surface area contributed by atoms with Gasteiger partial charge in [0.05, 0.1) is 12.2 Å². The van der Waals surface area contributed by atoms with Crippen LogP contribution >= 0.6 is 15.9 Å². The lowest BCUT2D eigenvalue weighted by Gasteiger charge is -2.53. The van der Waals surface area contributed by atoms with Gasteiger partial charge in [0.1, 0.15) is 5.60 Å². The summed E-state index contributed by atoms with van der Waals surface area (Å²) in [6.45, 7) is 1.21. The summed E-state index contributed by atoms with van der Waals surface area (Å²) in [7, 11) is 6.07. The minimum absolute atomic E-state index is 0.172. The maximum Gasteiger partial charge on any atom is 0.339 e. The molecule has 1 aromatic carbocycles.